The highest BCUT2D eigenvalue weighted by Crippen LogP contribution is 2.24. The molecule has 1 aliphatic heterocycles. The molecule has 0 N–H and O–H groups in total. The van der Waals surface area contributed by atoms with Gasteiger partial charge in [0.05, 0.1) is 0 Å². The molecule has 1 fully saturated rings. The molecular weight excluding hydrogens is 128 g/mol. The van der Waals surface area contributed by atoms with Gasteiger partial charge in [-0.15, -0.1) is 6.58 Å². The fourth-order valence-corrected chi connectivity index (χ4v) is 2.27. The maximum Gasteiger partial charge on any atom is 0.0224 e. The Balaban J connectivity index is 2.26. The van der Waals surface area contributed by atoms with Crippen molar-refractivity contribution >= 4 is 11.8 Å². The molecule has 0 aromatic heterocycles. The highest BCUT2D eigenvalue weighted by Gasteiger charge is 2.07. The van der Waals surface area contributed by atoms with Crippen LogP contribution in [0.25, 0.3) is 0 Å². The van der Waals surface area contributed by atoms with Gasteiger partial charge in [0.1, 0.15) is 0 Å². The minimum Gasteiger partial charge on any atom is -0.154 e. The summed E-state index contributed by atoms with van der Waals surface area (Å²) in [4.78, 5) is 0. The lowest BCUT2D eigenvalue weighted by molar-refractivity contribution is 0.702. The van der Waals surface area contributed by atoms with Gasteiger partial charge in [-0.25, -0.2) is 0 Å². The van der Waals surface area contributed by atoms with E-state index in [-0.39, 0.29) is 0 Å². The topological polar surface area (TPSA) is 0 Å². The van der Waals surface area contributed by atoms with Gasteiger partial charge in [-0.3, -0.25) is 0 Å². The summed E-state index contributed by atoms with van der Waals surface area (Å²) >= 11 is 2.07. The lowest BCUT2D eigenvalue weighted by atomic mass is 10.1. The number of rotatable bonds is 1. The van der Waals surface area contributed by atoms with E-state index in [0.717, 1.165) is 5.25 Å². The quantitative estimate of drug-likeness (QED) is 0.507. The SMILES string of the molecule is C=CC1CCCCCS1. The van der Waals surface area contributed by atoms with Crippen LogP contribution in [0.4, 0.5) is 0 Å². The Hall–Kier alpha value is 0.0900. The first-order chi connectivity index (χ1) is 4.43. The Morgan fingerprint density at radius 1 is 1.33 bits per heavy atom. The summed E-state index contributed by atoms with van der Waals surface area (Å²) in [7, 11) is 0. The average molecular weight is 142 g/mol. The Kier molecular flexibility index (Phi) is 3.20. The molecule has 0 aliphatic carbocycles. The van der Waals surface area contributed by atoms with Gasteiger partial charge in [0.15, 0.2) is 0 Å². The summed E-state index contributed by atoms with van der Waals surface area (Å²) in [6, 6.07) is 0. The van der Waals surface area contributed by atoms with Gasteiger partial charge in [-0.05, 0) is 18.6 Å². The predicted molar refractivity (Wildman–Crippen MR) is 44.9 cm³/mol. The fourth-order valence-electron chi connectivity index (χ4n) is 1.13. The molecule has 0 bridgehead atoms. The van der Waals surface area contributed by atoms with Crippen LogP contribution in [0.15, 0.2) is 12.7 Å². The van der Waals surface area contributed by atoms with Crippen molar-refractivity contribution < 1.29 is 0 Å². The van der Waals surface area contributed by atoms with E-state index in [1.165, 1.54) is 31.4 Å². The van der Waals surface area contributed by atoms with Crippen molar-refractivity contribution in [1.82, 2.24) is 0 Å². The second-order valence-corrected chi connectivity index (χ2v) is 3.84. The van der Waals surface area contributed by atoms with Crippen molar-refractivity contribution in [2.45, 2.75) is 30.9 Å². The highest BCUT2D eigenvalue weighted by atomic mass is 32.2. The minimum absolute atomic E-state index is 0.757. The van der Waals surface area contributed by atoms with Gasteiger partial charge in [-0.2, -0.15) is 11.8 Å². The van der Waals surface area contributed by atoms with Crippen molar-refractivity contribution in [2.24, 2.45) is 0 Å². The first kappa shape index (κ1) is 7.20. The smallest absolute Gasteiger partial charge is 0.0224 e. The van der Waals surface area contributed by atoms with Crippen LogP contribution in [-0.4, -0.2) is 11.0 Å². The van der Waals surface area contributed by atoms with Crippen LogP contribution < -0.4 is 0 Å². The summed E-state index contributed by atoms with van der Waals surface area (Å²) < 4.78 is 0. The number of thioether (sulfide) groups is 1. The Bertz CT molecular complexity index is 80.6. The zero-order valence-electron chi connectivity index (χ0n) is 5.81. The zero-order chi connectivity index (χ0) is 6.53. The minimum atomic E-state index is 0.757. The second-order valence-electron chi connectivity index (χ2n) is 2.49. The lowest BCUT2D eigenvalue weighted by Gasteiger charge is -2.04. The maximum atomic E-state index is 3.81. The first-order valence-electron chi connectivity index (χ1n) is 3.67. The normalized spacial score (nSPS) is 29.1. The van der Waals surface area contributed by atoms with Gasteiger partial charge < -0.3 is 0 Å². The van der Waals surface area contributed by atoms with E-state index in [2.05, 4.69) is 24.4 Å². The van der Waals surface area contributed by atoms with E-state index in [1.807, 2.05) is 0 Å². The van der Waals surface area contributed by atoms with Gasteiger partial charge in [0, 0.05) is 5.25 Å². The largest absolute Gasteiger partial charge is 0.154 e. The van der Waals surface area contributed by atoms with Crippen molar-refractivity contribution in [1.29, 1.82) is 0 Å². The number of hydrogen-bond donors (Lipinski definition) is 0. The Morgan fingerprint density at radius 3 is 3.00 bits per heavy atom. The van der Waals surface area contributed by atoms with E-state index in [1.54, 1.807) is 0 Å². The van der Waals surface area contributed by atoms with E-state index >= 15 is 0 Å². The molecule has 1 saturated heterocycles. The van der Waals surface area contributed by atoms with Crippen LogP contribution >= 0.6 is 11.8 Å². The molecule has 0 amide bonds. The summed E-state index contributed by atoms with van der Waals surface area (Å²) in [5.74, 6) is 1.34. The predicted octanol–water partition coefficient (Wildman–Crippen LogP) is 2.85. The van der Waals surface area contributed by atoms with Crippen LogP contribution in [0.5, 0.6) is 0 Å². The molecule has 1 heterocycles. The Morgan fingerprint density at radius 2 is 2.22 bits per heavy atom. The van der Waals surface area contributed by atoms with Gasteiger partial charge in [0.25, 0.3) is 0 Å². The third kappa shape index (κ3) is 2.44. The van der Waals surface area contributed by atoms with Crippen LogP contribution in [0, 0.1) is 0 Å². The second kappa shape index (κ2) is 3.99. The molecule has 1 heteroatoms. The van der Waals surface area contributed by atoms with Gasteiger partial charge in [0.2, 0.25) is 0 Å². The fraction of sp³-hybridized carbons (Fsp3) is 0.750. The lowest BCUT2D eigenvalue weighted by Crippen LogP contribution is -1.94. The summed E-state index contributed by atoms with van der Waals surface area (Å²) in [5.41, 5.74) is 0. The van der Waals surface area contributed by atoms with Crippen LogP contribution in [0.1, 0.15) is 25.7 Å². The van der Waals surface area contributed by atoms with E-state index in [0.29, 0.717) is 0 Å². The average Bonchev–Trinajstić information content (AvgIpc) is 2.13. The van der Waals surface area contributed by atoms with E-state index < -0.39 is 0 Å². The molecule has 1 unspecified atom stereocenters. The summed E-state index contributed by atoms with van der Waals surface area (Å²) in [6.07, 6.45) is 7.69. The Labute approximate surface area is 61.7 Å². The molecule has 0 nitrogen and oxygen atoms in total. The summed E-state index contributed by atoms with van der Waals surface area (Å²) in [6.45, 7) is 3.81. The van der Waals surface area contributed by atoms with E-state index in [4.69, 9.17) is 0 Å². The molecule has 0 saturated carbocycles. The third-order valence-corrected chi connectivity index (χ3v) is 3.11. The highest BCUT2D eigenvalue weighted by molar-refractivity contribution is 8.00. The molecule has 0 aromatic rings. The molecule has 0 aromatic carbocycles. The van der Waals surface area contributed by atoms with Gasteiger partial charge >= 0.3 is 0 Å². The van der Waals surface area contributed by atoms with Crippen molar-refractivity contribution in [3.05, 3.63) is 12.7 Å². The molecule has 1 rings (SSSR count). The van der Waals surface area contributed by atoms with E-state index in [9.17, 15) is 0 Å². The molecule has 0 spiro atoms. The standard InChI is InChI=1S/C8H14S/c1-2-8-6-4-3-5-7-9-8/h2,8H,1,3-7H2. The third-order valence-electron chi connectivity index (χ3n) is 1.73. The monoisotopic (exact) mass is 142 g/mol. The van der Waals surface area contributed by atoms with Gasteiger partial charge in [-0.1, -0.05) is 18.9 Å². The zero-order valence-corrected chi connectivity index (χ0v) is 6.62. The summed E-state index contributed by atoms with van der Waals surface area (Å²) in [5, 5.41) is 0.757. The van der Waals surface area contributed by atoms with Crippen molar-refractivity contribution in [3.8, 4) is 0 Å². The first-order valence-corrected chi connectivity index (χ1v) is 4.72. The van der Waals surface area contributed by atoms with Crippen molar-refractivity contribution in [3.63, 3.8) is 0 Å². The maximum absolute atomic E-state index is 3.81. The molecule has 52 valence electrons. The van der Waals surface area contributed by atoms with Crippen LogP contribution in [-0.2, 0) is 0 Å². The van der Waals surface area contributed by atoms with Crippen molar-refractivity contribution in [2.75, 3.05) is 5.75 Å². The molecule has 1 aliphatic rings. The molecule has 0 radical (unpaired) electrons. The molecule has 9 heavy (non-hydrogen) atoms. The van der Waals surface area contributed by atoms with Crippen LogP contribution in [0.2, 0.25) is 0 Å². The molecule has 1 atom stereocenters. The number of hydrogen-bond acceptors (Lipinski definition) is 1. The molecular formula is C8H14S. The van der Waals surface area contributed by atoms with Crippen LogP contribution in [0.3, 0.4) is 0 Å².